The third kappa shape index (κ3) is 3.28. The van der Waals surface area contributed by atoms with Crippen molar-refractivity contribution in [2.24, 2.45) is 5.92 Å². The van der Waals surface area contributed by atoms with Crippen molar-refractivity contribution in [2.45, 2.75) is 19.0 Å². The monoisotopic (exact) mass is 249 g/mol. The van der Waals surface area contributed by atoms with E-state index in [1.807, 2.05) is 12.4 Å². The largest absolute Gasteiger partial charge is 0.396 e. The second kappa shape index (κ2) is 6.27. The van der Waals surface area contributed by atoms with Crippen LogP contribution >= 0.6 is 0 Å². The molecule has 2 rings (SSSR count). The van der Waals surface area contributed by atoms with Gasteiger partial charge in [-0.1, -0.05) is 0 Å². The van der Waals surface area contributed by atoms with Crippen LogP contribution in [0, 0.1) is 5.92 Å². The van der Waals surface area contributed by atoms with Crippen molar-refractivity contribution >= 4 is 0 Å². The van der Waals surface area contributed by atoms with Crippen LogP contribution in [-0.2, 0) is 6.54 Å². The first-order valence-electron chi connectivity index (χ1n) is 6.59. The molecule has 0 unspecified atom stereocenters. The second-order valence-corrected chi connectivity index (χ2v) is 5.35. The summed E-state index contributed by atoms with van der Waals surface area (Å²) in [7, 11) is 4.20. The van der Waals surface area contributed by atoms with E-state index in [0.29, 0.717) is 18.6 Å². The van der Waals surface area contributed by atoms with Crippen LogP contribution in [0.4, 0.5) is 0 Å². The number of rotatable bonds is 4. The van der Waals surface area contributed by atoms with E-state index >= 15 is 0 Å². The van der Waals surface area contributed by atoms with Crippen molar-refractivity contribution in [1.82, 2.24) is 14.8 Å². The van der Waals surface area contributed by atoms with Crippen LogP contribution in [-0.4, -0.2) is 59.7 Å². The van der Waals surface area contributed by atoms with Gasteiger partial charge in [-0.25, -0.2) is 0 Å². The molecule has 4 heteroatoms. The third-order valence-electron chi connectivity index (χ3n) is 3.86. The van der Waals surface area contributed by atoms with Crippen LogP contribution in [0.1, 0.15) is 12.0 Å². The average Bonchev–Trinajstić information content (AvgIpc) is 2.40. The lowest BCUT2D eigenvalue weighted by Crippen LogP contribution is -2.51. The molecule has 1 N–H and O–H groups in total. The van der Waals surface area contributed by atoms with Gasteiger partial charge in [-0.3, -0.25) is 9.88 Å². The van der Waals surface area contributed by atoms with Crippen LogP contribution in [0.15, 0.2) is 24.5 Å². The zero-order valence-corrected chi connectivity index (χ0v) is 11.3. The van der Waals surface area contributed by atoms with Crippen LogP contribution < -0.4 is 0 Å². The maximum absolute atomic E-state index is 9.43. The van der Waals surface area contributed by atoms with Gasteiger partial charge >= 0.3 is 0 Å². The number of piperidine rings is 1. The van der Waals surface area contributed by atoms with E-state index in [0.717, 1.165) is 26.1 Å². The number of aromatic nitrogens is 1. The molecule has 1 aliphatic heterocycles. The first-order chi connectivity index (χ1) is 8.70. The van der Waals surface area contributed by atoms with Crippen LogP contribution in [0.2, 0.25) is 0 Å². The molecule has 18 heavy (non-hydrogen) atoms. The molecule has 0 radical (unpaired) electrons. The van der Waals surface area contributed by atoms with Crippen molar-refractivity contribution in [1.29, 1.82) is 0 Å². The van der Waals surface area contributed by atoms with Crippen molar-refractivity contribution in [2.75, 3.05) is 33.8 Å². The highest BCUT2D eigenvalue weighted by molar-refractivity contribution is 5.09. The first kappa shape index (κ1) is 13.5. The molecule has 100 valence electrons. The summed E-state index contributed by atoms with van der Waals surface area (Å²) in [5, 5.41) is 9.43. The van der Waals surface area contributed by atoms with Gasteiger partial charge in [0.05, 0.1) is 0 Å². The molecule has 1 aromatic heterocycles. The third-order valence-corrected chi connectivity index (χ3v) is 3.86. The Morgan fingerprint density at radius 2 is 2.11 bits per heavy atom. The summed E-state index contributed by atoms with van der Waals surface area (Å²) in [6.07, 6.45) is 4.77. The summed E-state index contributed by atoms with van der Waals surface area (Å²) in [6, 6.07) is 4.59. The molecule has 0 spiro atoms. The molecule has 1 aliphatic rings. The molecule has 4 nitrogen and oxygen atoms in total. The smallest absolute Gasteiger partial charge is 0.0475 e. The number of aliphatic hydroxyl groups is 1. The van der Waals surface area contributed by atoms with Crippen molar-refractivity contribution in [3.63, 3.8) is 0 Å². The molecular formula is C14H23N3O. The van der Waals surface area contributed by atoms with Crippen LogP contribution in [0.3, 0.4) is 0 Å². The Morgan fingerprint density at radius 1 is 1.39 bits per heavy atom. The highest BCUT2D eigenvalue weighted by Crippen LogP contribution is 2.21. The molecular weight excluding hydrogens is 226 g/mol. The van der Waals surface area contributed by atoms with E-state index in [1.165, 1.54) is 5.56 Å². The van der Waals surface area contributed by atoms with Gasteiger partial charge in [0.25, 0.3) is 0 Å². The van der Waals surface area contributed by atoms with Crippen molar-refractivity contribution in [3.05, 3.63) is 30.1 Å². The Bertz CT molecular complexity index is 355. The van der Waals surface area contributed by atoms with Crippen LogP contribution in [0.5, 0.6) is 0 Å². The van der Waals surface area contributed by atoms with Gasteiger partial charge in [-0.05, 0) is 50.7 Å². The molecule has 2 atom stereocenters. The van der Waals surface area contributed by atoms with E-state index in [-0.39, 0.29) is 0 Å². The van der Waals surface area contributed by atoms with E-state index < -0.39 is 0 Å². The summed E-state index contributed by atoms with van der Waals surface area (Å²) >= 11 is 0. The minimum atomic E-state index is 0.298. The highest BCUT2D eigenvalue weighted by Gasteiger charge is 2.29. The van der Waals surface area contributed by atoms with Crippen LogP contribution in [0.25, 0.3) is 0 Å². The zero-order chi connectivity index (χ0) is 13.0. The zero-order valence-electron chi connectivity index (χ0n) is 11.3. The highest BCUT2D eigenvalue weighted by atomic mass is 16.3. The molecule has 1 fully saturated rings. The molecule has 0 amide bonds. The minimum Gasteiger partial charge on any atom is -0.396 e. The van der Waals surface area contributed by atoms with Gasteiger partial charge in [0.2, 0.25) is 0 Å². The Hall–Kier alpha value is -0.970. The Kier molecular flexibility index (Phi) is 4.69. The predicted octanol–water partition coefficient (Wildman–Crippen LogP) is 0.826. The molecule has 0 aliphatic carbocycles. The fourth-order valence-electron chi connectivity index (χ4n) is 2.73. The topological polar surface area (TPSA) is 39.6 Å². The molecule has 0 bridgehead atoms. The van der Waals surface area contributed by atoms with Crippen molar-refractivity contribution < 1.29 is 5.11 Å². The normalized spacial score (nSPS) is 25.6. The summed E-state index contributed by atoms with van der Waals surface area (Å²) in [5.74, 6) is 0.411. The molecule has 0 aromatic carbocycles. The van der Waals surface area contributed by atoms with Gasteiger partial charge in [-0.2, -0.15) is 0 Å². The van der Waals surface area contributed by atoms with E-state index in [4.69, 9.17) is 0 Å². The summed E-state index contributed by atoms with van der Waals surface area (Å²) in [4.78, 5) is 8.75. The predicted molar refractivity (Wildman–Crippen MR) is 72.2 cm³/mol. The Balaban J connectivity index is 1.96. The molecule has 1 aromatic rings. The Labute approximate surface area is 109 Å². The molecule has 2 heterocycles. The number of aliphatic hydroxyl groups excluding tert-OH is 1. The van der Waals surface area contributed by atoms with Gasteiger partial charge in [0.15, 0.2) is 0 Å². The number of hydrogen-bond acceptors (Lipinski definition) is 4. The van der Waals surface area contributed by atoms with Gasteiger partial charge in [0, 0.05) is 38.1 Å². The summed E-state index contributed by atoms with van der Waals surface area (Å²) in [5.41, 5.74) is 1.31. The van der Waals surface area contributed by atoms with Gasteiger partial charge in [0.1, 0.15) is 0 Å². The lowest BCUT2D eigenvalue weighted by Gasteiger charge is -2.41. The first-order valence-corrected chi connectivity index (χ1v) is 6.59. The maximum atomic E-state index is 9.43. The number of nitrogens with zero attached hydrogens (tertiary/aromatic N) is 3. The summed E-state index contributed by atoms with van der Waals surface area (Å²) < 4.78 is 0. The lowest BCUT2D eigenvalue weighted by molar-refractivity contribution is 0.0461. The summed E-state index contributed by atoms with van der Waals surface area (Å²) in [6.45, 7) is 3.37. The standard InChI is InChI=1S/C14H23N3O/c1-16(2)14-10-17(8-5-13(14)11-18)9-12-3-6-15-7-4-12/h3-4,6-7,13-14,18H,5,8-11H2,1-2H3/t13-,14-/m1/s1. The number of hydrogen-bond donors (Lipinski definition) is 1. The lowest BCUT2D eigenvalue weighted by atomic mass is 9.91. The van der Waals surface area contributed by atoms with Gasteiger partial charge < -0.3 is 10.0 Å². The molecule has 1 saturated heterocycles. The van der Waals surface area contributed by atoms with E-state index in [2.05, 4.69) is 41.0 Å². The maximum Gasteiger partial charge on any atom is 0.0475 e. The van der Waals surface area contributed by atoms with E-state index in [9.17, 15) is 5.11 Å². The quantitative estimate of drug-likeness (QED) is 0.858. The average molecular weight is 249 g/mol. The molecule has 0 saturated carbocycles. The number of likely N-dealkylation sites (N-methyl/N-ethyl adjacent to an activating group) is 1. The van der Waals surface area contributed by atoms with Gasteiger partial charge in [-0.15, -0.1) is 0 Å². The fourth-order valence-corrected chi connectivity index (χ4v) is 2.73. The number of pyridine rings is 1. The van der Waals surface area contributed by atoms with E-state index in [1.54, 1.807) is 0 Å². The fraction of sp³-hybridized carbons (Fsp3) is 0.643. The second-order valence-electron chi connectivity index (χ2n) is 5.35. The SMILES string of the molecule is CN(C)[C@@H]1CN(Cc2ccncc2)CC[C@@H]1CO. The minimum absolute atomic E-state index is 0.298. The number of likely N-dealkylation sites (tertiary alicyclic amines) is 1. The van der Waals surface area contributed by atoms with Crippen molar-refractivity contribution in [3.8, 4) is 0 Å². The Morgan fingerprint density at radius 3 is 2.72 bits per heavy atom.